The third-order valence-electron chi connectivity index (χ3n) is 3.06. The SMILES string of the molecule is NC(CCC(=O)O)C(=O)NC(CO)C(=O)NCC(=O)NC(CS)C(=O)O. The number of aliphatic carboxylic acids is 2. The Labute approximate surface area is 153 Å². The molecule has 0 aromatic rings. The number of carboxylic acid groups (broad SMARTS) is 2. The van der Waals surface area contributed by atoms with Gasteiger partial charge >= 0.3 is 11.9 Å². The van der Waals surface area contributed by atoms with E-state index in [1.165, 1.54) is 0 Å². The molecule has 0 spiro atoms. The van der Waals surface area contributed by atoms with Gasteiger partial charge < -0.3 is 37.0 Å². The second-order valence-corrected chi connectivity index (χ2v) is 5.51. The monoisotopic (exact) mass is 394 g/mol. The van der Waals surface area contributed by atoms with Crippen LogP contribution < -0.4 is 21.7 Å². The Bertz CT molecular complexity index is 544. The minimum atomic E-state index is -1.41. The number of rotatable bonds is 12. The number of nitrogens with two attached hydrogens (primary N) is 1. The van der Waals surface area contributed by atoms with Crippen molar-refractivity contribution in [2.45, 2.75) is 31.0 Å². The minimum absolute atomic E-state index is 0.154. The number of carbonyl (C=O) groups excluding carboxylic acids is 3. The van der Waals surface area contributed by atoms with Crippen LogP contribution in [0.1, 0.15) is 12.8 Å². The summed E-state index contributed by atoms with van der Waals surface area (Å²) in [7, 11) is 0. The van der Waals surface area contributed by atoms with Crippen LogP contribution in [0, 0.1) is 0 Å². The molecule has 148 valence electrons. The third kappa shape index (κ3) is 9.19. The Morgan fingerprint density at radius 3 is 2.08 bits per heavy atom. The van der Waals surface area contributed by atoms with Gasteiger partial charge in [0.15, 0.2) is 0 Å². The van der Waals surface area contributed by atoms with Crippen molar-refractivity contribution in [1.82, 2.24) is 16.0 Å². The van der Waals surface area contributed by atoms with Crippen LogP contribution in [0.4, 0.5) is 0 Å². The molecule has 0 fully saturated rings. The van der Waals surface area contributed by atoms with Gasteiger partial charge in [-0.3, -0.25) is 19.2 Å². The molecule has 0 heterocycles. The first-order valence-corrected chi connectivity index (χ1v) is 8.04. The summed E-state index contributed by atoms with van der Waals surface area (Å²) >= 11 is 3.76. The van der Waals surface area contributed by atoms with Crippen molar-refractivity contribution in [3.8, 4) is 0 Å². The van der Waals surface area contributed by atoms with Gasteiger partial charge in [0.25, 0.3) is 0 Å². The summed E-state index contributed by atoms with van der Waals surface area (Å²) in [4.78, 5) is 56.4. The zero-order valence-electron chi connectivity index (χ0n) is 13.7. The first-order valence-electron chi connectivity index (χ1n) is 7.41. The first kappa shape index (κ1) is 23.6. The molecule has 0 saturated carbocycles. The highest BCUT2D eigenvalue weighted by Gasteiger charge is 2.24. The van der Waals surface area contributed by atoms with Gasteiger partial charge in [-0.05, 0) is 6.42 Å². The molecule has 0 saturated heterocycles. The van der Waals surface area contributed by atoms with Crippen LogP contribution in [-0.4, -0.2) is 82.0 Å². The predicted octanol–water partition coefficient (Wildman–Crippen LogP) is -3.73. The molecule has 3 unspecified atom stereocenters. The molecule has 0 aliphatic heterocycles. The largest absolute Gasteiger partial charge is 0.481 e. The highest BCUT2D eigenvalue weighted by molar-refractivity contribution is 7.80. The highest BCUT2D eigenvalue weighted by Crippen LogP contribution is 1.96. The predicted molar refractivity (Wildman–Crippen MR) is 90.3 cm³/mol. The smallest absolute Gasteiger partial charge is 0.327 e. The van der Waals surface area contributed by atoms with Crippen LogP contribution in [0.3, 0.4) is 0 Å². The fourth-order valence-electron chi connectivity index (χ4n) is 1.60. The Morgan fingerprint density at radius 2 is 1.62 bits per heavy atom. The van der Waals surface area contributed by atoms with Gasteiger partial charge in [0.05, 0.1) is 19.2 Å². The molecular formula is C13H22N4O8S. The van der Waals surface area contributed by atoms with Crippen molar-refractivity contribution >= 4 is 42.3 Å². The minimum Gasteiger partial charge on any atom is -0.481 e. The number of carboxylic acids is 2. The summed E-state index contributed by atoms with van der Waals surface area (Å²) in [6, 6.07) is -3.84. The lowest BCUT2D eigenvalue weighted by molar-refractivity contribution is -0.141. The molecular weight excluding hydrogens is 372 g/mol. The van der Waals surface area contributed by atoms with Gasteiger partial charge in [0.1, 0.15) is 12.1 Å². The second kappa shape index (κ2) is 12.1. The van der Waals surface area contributed by atoms with Gasteiger partial charge in [-0.15, -0.1) is 0 Å². The van der Waals surface area contributed by atoms with Gasteiger partial charge in [0, 0.05) is 12.2 Å². The van der Waals surface area contributed by atoms with Gasteiger partial charge in [-0.2, -0.15) is 12.6 Å². The molecule has 0 aromatic heterocycles. The molecule has 0 aliphatic carbocycles. The fourth-order valence-corrected chi connectivity index (χ4v) is 1.85. The molecule has 0 aliphatic rings. The van der Waals surface area contributed by atoms with Crippen LogP contribution in [-0.2, 0) is 24.0 Å². The van der Waals surface area contributed by atoms with E-state index in [2.05, 4.69) is 28.6 Å². The average molecular weight is 394 g/mol. The lowest BCUT2D eigenvalue weighted by Crippen LogP contribution is -2.55. The van der Waals surface area contributed by atoms with Crippen LogP contribution >= 0.6 is 12.6 Å². The van der Waals surface area contributed by atoms with E-state index in [9.17, 15) is 24.0 Å². The Morgan fingerprint density at radius 1 is 1.00 bits per heavy atom. The van der Waals surface area contributed by atoms with Gasteiger partial charge in [-0.1, -0.05) is 0 Å². The summed E-state index contributed by atoms with van der Waals surface area (Å²) in [5, 5.41) is 32.8. The summed E-state index contributed by atoms with van der Waals surface area (Å²) in [6.07, 6.45) is -0.510. The third-order valence-corrected chi connectivity index (χ3v) is 3.43. The topological polar surface area (TPSA) is 208 Å². The molecule has 0 rings (SSSR count). The van der Waals surface area contributed by atoms with Crippen molar-refractivity contribution in [3.05, 3.63) is 0 Å². The zero-order chi connectivity index (χ0) is 20.3. The molecule has 13 heteroatoms. The number of aliphatic hydroxyl groups is 1. The number of carbonyl (C=O) groups is 5. The van der Waals surface area contributed by atoms with E-state index in [4.69, 9.17) is 21.1 Å². The fraction of sp³-hybridized carbons (Fsp3) is 0.615. The maximum Gasteiger partial charge on any atom is 0.327 e. The number of nitrogens with one attached hydrogen (secondary N) is 3. The number of hydrogen-bond acceptors (Lipinski definition) is 8. The highest BCUT2D eigenvalue weighted by atomic mass is 32.1. The van der Waals surface area contributed by atoms with E-state index >= 15 is 0 Å². The van der Waals surface area contributed by atoms with E-state index in [0.717, 1.165) is 0 Å². The van der Waals surface area contributed by atoms with Crippen molar-refractivity contribution < 1.29 is 39.3 Å². The average Bonchev–Trinajstić information content (AvgIpc) is 2.59. The summed E-state index contributed by atoms with van der Waals surface area (Å²) in [5.74, 6) is -5.14. The van der Waals surface area contributed by atoms with Crippen molar-refractivity contribution in [1.29, 1.82) is 0 Å². The van der Waals surface area contributed by atoms with E-state index in [0.29, 0.717) is 0 Å². The second-order valence-electron chi connectivity index (χ2n) is 5.14. The Hall–Kier alpha value is -2.38. The number of thiol groups is 1. The number of hydrogen-bond donors (Lipinski definition) is 8. The molecule has 3 atom stereocenters. The lowest BCUT2D eigenvalue weighted by atomic mass is 10.1. The van der Waals surface area contributed by atoms with Crippen LogP contribution in [0.2, 0.25) is 0 Å². The van der Waals surface area contributed by atoms with E-state index < -0.39 is 60.9 Å². The van der Waals surface area contributed by atoms with E-state index in [-0.39, 0.29) is 18.6 Å². The molecule has 8 N–H and O–H groups in total. The van der Waals surface area contributed by atoms with Crippen molar-refractivity contribution in [3.63, 3.8) is 0 Å². The van der Waals surface area contributed by atoms with Crippen molar-refractivity contribution in [2.24, 2.45) is 5.73 Å². The molecule has 0 aromatic carbocycles. The normalized spacial score (nSPS) is 13.8. The molecule has 0 radical (unpaired) electrons. The summed E-state index contributed by atoms with van der Waals surface area (Å²) in [6.45, 7) is -1.38. The molecule has 0 bridgehead atoms. The number of amides is 3. The molecule has 26 heavy (non-hydrogen) atoms. The van der Waals surface area contributed by atoms with Gasteiger partial charge in [0.2, 0.25) is 17.7 Å². The van der Waals surface area contributed by atoms with E-state index in [1.807, 2.05) is 0 Å². The standard InChI is InChI=1S/C13H22N4O8S/c14-6(1-2-10(20)21)11(22)17-7(4-18)12(23)15-3-9(19)16-8(5-26)13(24)25/h6-8,18,26H,1-5,14H2,(H,15,23)(H,16,19)(H,17,22)(H,20,21)(H,24,25). The van der Waals surface area contributed by atoms with Crippen LogP contribution in [0.15, 0.2) is 0 Å². The van der Waals surface area contributed by atoms with Gasteiger partial charge in [-0.25, -0.2) is 4.79 Å². The number of aliphatic hydroxyl groups excluding tert-OH is 1. The maximum atomic E-state index is 11.9. The molecule has 3 amide bonds. The zero-order valence-corrected chi connectivity index (χ0v) is 14.6. The van der Waals surface area contributed by atoms with Crippen molar-refractivity contribution in [2.75, 3.05) is 18.9 Å². The summed E-state index contributed by atoms with van der Waals surface area (Å²) in [5.41, 5.74) is 5.47. The van der Waals surface area contributed by atoms with Crippen LogP contribution in [0.5, 0.6) is 0 Å². The van der Waals surface area contributed by atoms with E-state index in [1.54, 1.807) is 0 Å². The lowest BCUT2D eigenvalue weighted by Gasteiger charge is -2.19. The van der Waals surface area contributed by atoms with Crippen LogP contribution in [0.25, 0.3) is 0 Å². The quantitative estimate of drug-likeness (QED) is 0.153. The summed E-state index contributed by atoms with van der Waals surface area (Å²) < 4.78 is 0. The molecule has 12 nitrogen and oxygen atoms in total. The maximum absolute atomic E-state index is 11.9. The Balaban J connectivity index is 4.47. The Kier molecular flexibility index (Phi) is 10.9. The first-order chi connectivity index (χ1) is 12.1.